The van der Waals surface area contributed by atoms with Crippen molar-refractivity contribution in [2.24, 2.45) is 11.8 Å². The van der Waals surface area contributed by atoms with Gasteiger partial charge in [-0.25, -0.2) is 0 Å². The van der Waals surface area contributed by atoms with E-state index in [0.29, 0.717) is 5.78 Å². The van der Waals surface area contributed by atoms with E-state index < -0.39 is 0 Å². The molecule has 1 saturated carbocycles. The third kappa shape index (κ3) is 0.816. The predicted octanol–water partition coefficient (Wildman–Crippen LogP) is 1.31. The fraction of sp³-hybridized carbons (Fsp3) is 0.700. The van der Waals surface area contributed by atoms with Crippen LogP contribution in [0.4, 0.5) is 0 Å². The highest BCUT2D eigenvalue weighted by Crippen LogP contribution is 2.42. The summed E-state index contributed by atoms with van der Waals surface area (Å²) in [4.78, 5) is 11.7. The van der Waals surface area contributed by atoms with Gasteiger partial charge in [0.1, 0.15) is 11.9 Å². The van der Waals surface area contributed by atoms with Gasteiger partial charge in [-0.15, -0.1) is 0 Å². The molecule has 0 aromatic rings. The molecular formula is C10H12O2. The molecule has 0 spiro atoms. The van der Waals surface area contributed by atoms with Crippen LogP contribution < -0.4 is 0 Å². The molecule has 0 aromatic heterocycles. The lowest BCUT2D eigenvalue weighted by atomic mass is 9.79. The lowest BCUT2D eigenvalue weighted by Gasteiger charge is -2.23. The molecule has 1 saturated heterocycles. The van der Waals surface area contributed by atoms with Gasteiger partial charge in [-0.1, -0.05) is 18.6 Å². The summed E-state index contributed by atoms with van der Waals surface area (Å²) in [5.41, 5.74) is 0. The zero-order valence-corrected chi connectivity index (χ0v) is 6.90. The van der Waals surface area contributed by atoms with Crippen LogP contribution in [-0.2, 0) is 9.53 Å². The monoisotopic (exact) mass is 164 g/mol. The van der Waals surface area contributed by atoms with Crippen molar-refractivity contribution in [2.75, 3.05) is 0 Å². The van der Waals surface area contributed by atoms with Crippen molar-refractivity contribution in [3.8, 4) is 0 Å². The van der Waals surface area contributed by atoms with Crippen LogP contribution in [-0.4, -0.2) is 18.0 Å². The minimum absolute atomic E-state index is 0.222. The number of carbonyl (C=O) groups is 1. The number of Topliss-reactive ketones (excluding diaryl/α,β-unsaturated/α-hetero) is 1. The van der Waals surface area contributed by atoms with Crippen LogP contribution in [0.3, 0.4) is 0 Å². The van der Waals surface area contributed by atoms with Crippen LogP contribution >= 0.6 is 0 Å². The second kappa shape index (κ2) is 2.19. The summed E-state index contributed by atoms with van der Waals surface area (Å²) >= 11 is 0. The number of hydrogen-bond acceptors (Lipinski definition) is 2. The van der Waals surface area contributed by atoms with Crippen LogP contribution in [0.25, 0.3) is 0 Å². The Balaban J connectivity index is 1.97. The van der Waals surface area contributed by atoms with Crippen LogP contribution in [0.2, 0.25) is 0 Å². The summed E-state index contributed by atoms with van der Waals surface area (Å²) in [6.07, 6.45) is 7.98. The van der Waals surface area contributed by atoms with Gasteiger partial charge < -0.3 is 4.74 Å². The van der Waals surface area contributed by atoms with Crippen molar-refractivity contribution < 1.29 is 9.53 Å². The van der Waals surface area contributed by atoms with Crippen LogP contribution in [0.1, 0.15) is 19.3 Å². The van der Waals surface area contributed by atoms with E-state index in [-0.39, 0.29) is 24.0 Å². The maximum Gasteiger partial charge on any atom is 0.145 e. The Kier molecular flexibility index (Phi) is 1.25. The number of rotatable bonds is 0. The van der Waals surface area contributed by atoms with E-state index in [9.17, 15) is 4.79 Å². The molecule has 12 heavy (non-hydrogen) atoms. The molecule has 0 amide bonds. The molecule has 2 aliphatic carbocycles. The van der Waals surface area contributed by atoms with Crippen LogP contribution in [0, 0.1) is 11.8 Å². The standard InChI is InChI=1S/C10H12O2/c11-9-6-2-1-3-7(9)10-8(12-10)5-4-6/h4-8,10H,1-3H2/t6-,7-,8-,10+/m1/s1. The molecule has 0 unspecified atom stereocenters. The summed E-state index contributed by atoms with van der Waals surface area (Å²) in [5, 5.41) is 0. The first-order valence-electron chi connectivity index (χ1n) is 4.74. The second-order valence-corrected chi connectivity index (χ2v) is 4.00. The zero-order chi connectivity index (χ0) is 8.13. The summed E-state index contributed by atoms with van der Waals surface area (Å²) in [5.74, 6) is 0.881. The first-order chi connectivity index (χ1) is 5.86. The number of ketones is 1. The van der Waals surface area contributed by atoms with Crippen molar-refractivity contribution in [1.29, 1.82) is 0 Å². The lowest BCUT2D eigenvalue weighted by molar-refractivity contribution is -0.128. The average Bonchev–Trinajstić information content (AvgIpc) is 2.82. The van der Waals surface area contributed by atoms with Crippen molar-refractivity contribution in [3.63, 3.8) is 0 Å². The topological polar surface area (TPSA) is 29.6 Å². The smallest absolute Gasteiger partial charge is 0.145 e. The number of carbonyl (C=O) groups excluding carboxylic acids is 1. The summed E-state index contributed by atoms with van der Waals surface area (Å²) in [7, 11) is 0. The van der Waals surface area contributed by atoms with E-state index in [4.69, 9.17) is 4.74 Å². The molecule has 1 heterocycles. The third-order valence-corrected chi connectivity index (χ3v) is 3.25. The van der Waals surface area contributed by atoms with E-state index in [2.05, 4.69) is 12.2 Å². The van der Waals surface area contributed by atoms with Crippen LogP contribution in [0.15, 0.2) is 12.2 Å². The van der Waals surface area contributed by atoms with Gasteiger partial charge in [0.15, 0.2) is 0 Å². The largest absolute Gasteiger partial charge is 0.364 e. The van der Waals surface area contributed by atoms with Crippen molar-refractivity contribution in [2.45, 2.75) is 31.5 Å². The number of hydrogen-bond donors (Lipinski definition) is 0. The highest BCUT2D eigenvalue weighted by molar-refractivity contribution is 5.87. The Labute approximate surface area is 71.6 Å². The first-order valence-corrected chi connectivity index (χ1v) is 4.74. The van der Waals surface area contributed by atoms with E-state index in [1.807, 2.05) is 0 Å². The average molecular weight is 164 g/mol. The minimum Gasteiger partial charge on any atom is -0.364 e. The van der Waals surface area contributed by atoms with Gasteiger partial charge in [0.05, 0.1) is 6.10 Å². The number of epoxide rings is 1. The number of allylic oxidation sites excluding steroid dienone is 1. The summed E-state index contributed by atoms with van der Waals surface area (Å²) in [6.45, 7) is 0. The molecule has 64 valence electrons. The molecular weight excluding hydrogens is 152 g/mol. The normalized spacial score (nSPS) is 49.8. The minimum atomic E-state index is 0.222. The molecule has 3 aliphatic rings. The third-order valence-electron chi connectivity index (χ3n) is 3.25. The Bertz CT molecular complexity index is 257. The Hall–Kier alpha value is -0.630. The van der Waals surface area contributed by atoms with E-state index in [1.54, 1.807) is 0 Å². The van der Waals surface area contributed by atoms with Gasteiger partial charge in [-0.3, -0.25) is 4.79 Å². The highest BCUT2D eigenvalue weighted by atomic mass is 16.6. The molecule has 2 heteroatoms. The Morgan fingerprint density at radius 2 is 2.25 bits per heavy atom. The fourth-order valence-corrected chi connectivity index (χ4v) is 2.49. The molecule has 0 N–H and O–H groups in total. The molecule has 4 atom stereocenters. The molecule has 2 nitrogen and oxygen atoms in total. The maximum atomic E-state index is 11.7. The van der Waals surface area contributed by atoms with E-state index >= 15 is 0 Å². The van der Waals surface area contributed by atoms with Gasteiger partial charge in [0.25, 0.3) is 0 Å². The zero-order valence-electron chi connectivity index (χ0n) is 6.90. The molecule has 3 rings (SSSR count). The van der Waals surface area contributed by atoms with Gasteiger partial charge in [0, 0.05) is 11.8 Å². The van der Waals surface area contributed by atoms with E-state index in [0.717, 1.165) is 12.8 Å². The summed E-state index contributed by atoms with van der Waals surface area (Å²) < 4.78 is 5.41. The lowest BCUT2D eigenvalue weighted by Crippen LogP contribution is -2.30. The quantitative estimate of drug-likeness (QED) is 0.399. The second-order valence-electron chi connectivity index (χ2n) is 4.00. The van der Waals surface area contributed by atoms with Crippen molar-refractivity contribution >= 4 is 5.78 Å². The van der Waals surface area contributed by atoms with Crippen molar-refractivity contribution in [1.82, 2.24) is 0 Å². The van der Waals surface area contributed by atoms with Gasteiger partial charge in [0.2, 0.25) is 0 Å². The predicted molar refractivity (Wildman–Crippen MR) is 43.6 cm³/mol. The molecule has 0 radical (unpaired) electrons. The van der Waals surface area contributed by atoms with E-state index in [1.165, 1.54) is 6.42 Å². The van der Waals surface area contributed by atoms with Crippen molar-refractivity contribution in [3.05, 3.63) is 12.2 Å². The SMILES string of the molecule is O=C1[C@H]2CCC[C@@H]1C=C[C@H]1O[C@@H]21. The maximum absolute atomic E-state index is 11.7. The fourth-order valence-electron chi connectivity index (χ4n) is 2.49. The first kappa shape index (κ1) is 6.84. The number of ether oxygens (including phenoxy) is 1. The number of fused-ring (bicyclic) bond motifs is 4. The summed E-state index contributed by atoms with van der Waals surface area (Å²) in [6, 6.07) is 0. The molecule has 2 bridgehead atoms. The highest BCUT2D eigenvalue weighted by Gasteiger charge is 2.50. The van der Waals surface area contributed by atoms with Gasteiger partial charge in [-0.05, 0) is 12.8 Å². The molecule has 2 fully saturated rings. The van der Waals surface area contributed by atoms with Gasteiger partial charge in [-0.2, -0.15) is 0 Å². The van der Waals surface area contributed by atoms with Gasteiger partial charge >= 0.3 is 0 Å². The Morgan fingerprint density at radius 3 is 3.17 bits per heavy atom. The molecule has 1 aliphatic heterocycles. The molecule has 0 aromatic carbocycles. The van der Waals surface area contributed by atoms with Crippen LogP contribution in [0.5, 0.6) is 0 Å². The Morgan fingerprint density at radius 1 is 1.33 bits per heavy atom.